The van der Waals surface area contributed by atoms with Crippen LogP contribution in [0.15, 0.2) is 29.3 Å². The highest BCUT2D eigenvalue weighted by Crippen LogP contribution is 2.27. The van der Waals surface area contributed by atoms with Gasteiger partial charge in [-0.2, -0.15) is 0 Å². The third-order valence-electron chi connectivity index (χ3n) is 6.16. The Morgan fingerprint density at radius 3 is 2.55 bits per heavy atom. The third kappa shape index (κ3) is 6.12. The first-order valence-electron chi connectivity index (χ1n) is 11.1. The number of carbonyl (C=O) groups is 1. The summed E-state index contributed by atoms with van der Waals surface area (Å²) >= 11 is 0. The van der Waals surface area contributed by atoms with Crippen molar-refractivity contribution in [2.45, 2.75) is 51.0 Å². The van der Waals surface area contributed by atoms with Crippen LogP contribution in [0.25, 0.3) is 0 Å². The minimum absolute atomic E-state index is 0.276. The van der Waals surface area contributed by atoms with Gasteiger partial charge in [0, 0.05) is 58.4 Å². The number of aliphatic imine (C=N–C) groups is 1. The van der Waals surface area contributed by atoms with Crippen molar-refractivity contribution in [3.63, 3.8) is 0 Å². The molecular weight excluding hydrogens is 362 g/mol. The van der Waals surface area contributed by atoms with Crippen LogP contribution in [-0.4, -0.2) is 63.6 Å². The number of likely N-dealkylation sites (tertiary alicyclic amines) is 1. The van der Waals surface area contributed by atoms with Gasteiger partial charge in [0.2, 0.25) is 5.91 Å². The van der Waals surface area contributed by atoms with E-state index in [-0.39, 0.29) is 5.92 Å². The molecule has 2 aliphatic rings. The Hall–Kier alpha value is -2.24. The number of anilines is 1. The highest BCUT2D eigenvalue weighted by molar-refractivity contribution is 5.81. The quantitative estimate of drug-likeness (QED) is 0.420. The van der Waals surface area contributed by atoms with Crippen LogP contribution in [0.5, 0.6) is 0 Å². The number of carbonyl (C=O) groups excluding carboxylic acids is 1. The number of aryl methyl sites for hydroxylation is 1. The first-order chi connectivity index (χ1) is 14.1. The molecule has 1 aromatic carbocycles. The second-order valence-corrected chi connectivity index (χ2v) is 8.56. The molecule has 0 radical (unpaired) electrons. The summed E-state index contributed by atoms with van der Waals surface area (Å²) in [6, 6.07) is 9.04. The van der Waals surface area contributed by atoms with Gasteiger partial charge in [0.15, 0.2) is 5.96 Å². The van der Waals surface area contributed by atoms with Crippen molar-refractivity contribution in [1.29, 1.82) is 0 Å². The predicted molar refractivity (Wildman–Crippen MR) is 121 cm³/mol. The molecule has 3 rings (SSSR count). The minimum atomic E-state index is 0.276. The Kier molecular flexibility index (Phi) is 7.78. The van der Waals surface area contributed by atoms with Gasteiger partial charge in [-0.05, 0) is 49.8 Å². The molecule has 29 heavy (non-hydrogen) atoms. The fourth-order valence-electron chi connectivity index (χ4n) is 4.36. The van der Waals surface area contributed by atoms with Gasteiger partial charge >= 0.3 is 0 Å². The zero-order valence-electron chi connectivity index (χ0n) is 18.3. The lowest BCUT2D eigenvalue weighted by atomic mass is 10.1. The monoisotopic (exact) mass is 399 g/mol. The van der Waals surface area contributed by atoms with Crippen LogP contribution in [0.2, 0.25) is 0 Å². The van der Waals surface area contributed by atoms with Gasteiger partial charge < -0.3 is 20.4 Å². The number of nitrogens with zero attached hydrogens (tertiary/aromatic N) is 3. The summed E-state index contributed by atoms with van der Waals surface area (Å²) in [4.78, 5) is 21.1. The zero-order chi connectivity index (χ0) is 20.6. The van der Waals surface area contributed by atoms with Crippen LogP contribution < -0.4 is 15.5 Å². The van der Waals surface area contributed by atoms with E-state index < -0.39 is 0 Å². The van der Waals surface area contributed by atoms with Gasteiger partial charge in [-0.3, -0.25) is 9.79 Å². The first kappa shape index (κ1) is 21.5. The number of hydrogen-bond donors (Lipinski definition) is 2. The molecule has 0 aromatic heterocycles. The van der Waals surface area contributed by atoms with Gasteiger partial charge in [0.1, 0.15) is 0 Å². The van der Waals surface area contributed by atoms with Crippen molar-refractivity contribution in [2.75, 3.05) is 45.7 Å². The zero-order valence-corrected chi connectivity index (χ0v) is 18.3. The maximum atomic E-state index is 12.6. The van der Waals surface area contributed by atoms with Crippen molar-refractivity contribution in [3.05, 3.63) is 29.8 Å². The van der Waals surface area contributed by atoms with Gasteiger partial charge in [0.05, 0.1) is 0 Å². The summed E-state index contributed by atoms with van der Waals surface area (Å²) in [6.07, 6.45) is 7.68. The molecule has 1 heterocycles. The Bertz CT molecular complexity index is 679. The standard InChI is InChI=1S/C23H37N5O/c1-24-23(25-15-6-7-18-10-12-21(13-11-18)27(2)3)26-20-14-16-28(17-20)22(29)19-8-4-5-9-19/h10-13,19-20H,4-9,14-17H2,1-3H3,(H2,24,25,26). The largest absolute Gasteiger partial charge is 0.378 e. The van der Waals surface area contributed by atoms with Gasteiger partial charge in [0.25, 0.3) is 0 Å². The van der Waals surface area contributed by atoms with E-state index in [4.69, 9.17) is 0 Å². The average Bonchev–Trinajstić information content (AvgIpc) is 3.42. The maximum absolute atomic E-state index is 12.6. The lowest BCUT2D eigenvalue weighted by molar-refractivity contribution is -0.134. The molecule has 1 saturated carbocycles. The molecule has 1 aliphatic carbocycles. The number of amides is 1. The second kappa shape index (κ2) is 10.5. The smallest absolute Gasteiger partial charge is 0.225 e. The SMILES string of the molecule is CN=C(NCCCc1ccc(N(C)C)cc1)NC1CCN(C(=O)C2CCCC2)C1. The highest BCUT2D eigenvalue weighted by atomic mass is 16.2. The van der Waals surface area contributed by atoms with Crippen LogP contribution in [0.1, 0.15) is 44.1 Å². The summed E-state index contributed by atoms with van der Waals surface area (Å²) in [6.45, 7) is 2.55. The third-order valence-corrected chi connectivity index (χ3v) is 6.16. The van der Waals surface area contributed by atoms with Gasteiger partial charge in [-0.15, -0.1) is 0 Å². The molecule has 1 atom stereocenters. The lowest BCUT2D eigenvalue weighted by Crippen LogP contribution is -2.45. The van der Waals surface area contributed by atoms with Crippen molar-refractivity contribution in [3.8, 4) is 0 Å². The van der Waals surface area contributed by atoms with E-state index in [0.717, 1.165) is 57.7 Å². The molecule has 1 saturated heterocycles. The summed E-state index contributed by atoms with van der Waals surface area (Å²) in [5.41, 5.74) is 2.59. The van der Waals surface area contributed by atoms with Crippen molar-refractivity contribution < 1.29 is 4.79 Å². The number of guanidine groups is 1. The van der Waals surface area contributed by atoms with E-state index >= 15 is 0 Å². The molecule has 1 aliphatic heterocycles. The summed E-state index contributed by atoms with van der Waals surface area (Å²) in [5.74, 6) is 1.49. The van der Waals surface area contributed by atoms with Crippen LogP contribution in [-0.2, 0) is 11.2 Å². The average molecular weight is 400 g/mol. The molecule has 160 valence electrons. The Morgan fingerprint density at radius 1 is 1.17 bits per heavy atom. The van der Waals surface area contributed by atoms with Crippen LogP contribution in [0.4, 0.5) is 5.69 Å². The lowest BCUT2D eigenvalue weighted by Gasteiger charge is -2.21. The van der Waals surface area contributed by atoms with E-state index in [0.29, 0.717) is 11.9 Å². The second-order valence-electron chi connectivity index (χ2n) is 8.56. The Labute approximate surface area is 175 Å². The molecule has 6 heteroatoms. The highest BCUT2D eigenvalue weighted by Gasteiger charge is 2.32. The molecule has 1 amide bonds. The molecule has 1 unspecified atom stereocenters. The number of rotatable bonds is 7. The van der Waals surface area contributed by atoms with E-state index in [1.807, 2.05) is 7.05 Å². The van der Waals surface area contributed by atoms with Crippen molar-refractivity contribution in [2.24, 2.45) is 10.9 Å². The van der Waals surface area contributed by atoms with E-state index in [2.05, 4.69) is 63.8 Å². The fraction of sp³-hybridized carbons (Fsp3) is 0.652. The number of hydrogen-bond acceptors (Lipinski definition) is 3. The predicted octanol–water partition coefficient (Wildman–Crippen LogP) is 2.64. The van der Waals surface area contributed by atoms with Crippen molar-refractivity contribution >= 4 is 17.6 Å². The normalized spacial score (nSPS) is 20.2. The molecular formula is C23H37N5O. The molecule has 2 N–H and O–H groups in total. The van der Waals surface area contributed by atoms with Gasteiger partial charge in [-0.25, -0.2) is 0 Å². The summed E-state index contributed by atoms with van der Waals surface area (Å²) in [5, 5.41) is 6.92. The molecule has 0 spiro atoms. The van der Waals surface area contributed by atoms with Crippen molar-refractivity contribution in [1.82, 2.24) is 15.5 Å². The van der Waals surface area contributed by atoms with E-state index in [1.54, 1.807) is 0 Å². The van der Waals surface area contributed by atoms with Crippen LogP contribution in [0.3, 0.4) is 0 Å². The number of benzene rings is 1. The van der Waals surface area contributed by atoms with Crippen LogP contribution in [0, 0.1) is 5.92 Å². The summed E-state index contributed by atoms with van der Waals surface area (Å²) < 4.78 is 0. The minimum Gasteiger partial charge on any atom is -0.378 e. The van der Waals surface area contributed by atoms with Crippen LogP contribution >= 0.6 is 0 Å². The van der Waals surface area contributed by atoms with E-state index in [9.17, 15) is 4.79 Å². The maximum Gasteiger partial charge on any atom is 0.225 e. The van der Waals surface area contributed by atoms with Gasteiger partial charge in [-0.1, -0.05) is 25.0 Å². The number of nitrogens with one attached hydrogen (secondary N) is 2. The molecule has 6 nitrogen and oxygen atoms in total. The Balaban J connectivity index is 1.35. The fourth-order valence-corrected chi connectivity index (χ4v) is 4.36. The van der Waals surface area contributed by atoms with E-state index in [1.165, 1.54) is 24.1 Å². The summed E-state index contributed by atoms with van der Waals surface area (Å²) in [7, 11) is 5.93. The Morgan fingerprint density at radius 2 is 1.90 bits per heavy atom. The molecule has 2 fully saturated rings. The first-order valence-corrected chi connectivity index (χ1v) is 11.1. The molecule has 0 bridgehead atoms. The topological polar surface area (TPSA) is 60.0 Å². The molecule has 1 aromatic rings.